The largest absolute Gasteiger partial charge is 0.573 e. The summed E-state index contributed by atoms with van der Waals surface area (Å²) in [5.41, 5.74) is 4.11. The molecule has 0 aliphatic carbocycles. The van der Waals surface area contributed by atoms with E-state index in [1.54, 1.807) is 75.5 Å². The normalized spacial score (nSPS) is 20.6. The molecule has 6 atom stereocenters. The Hall–Kier alpha value is -6.44. The van der Waals surface area contributed by atoms with Crippen molar-refractivity contribution in [2.45, 2.75) is 196 Å². The molecule has 6 aromatic rings. The van der Waals surface area contributed by atoms with Gasteiger partial charge in [0, 0.05) is 128 Å². The smallest absolute Gasteiger partial charge is 0.437 e. The number of hydrogen-bond donors (Lipinski definition) is 3. The van der Waals surface area contributed by atoms with Crippen molar-refractivity contribution in [2.24, 2.45) is 34.0 Å². The number of carbonyl (C=O) groups is 3. The van der Waals surface area contributed by atoms with Gasteiger partial charge in [-0.2, -0.15) is 0 Å². The molecule has 6 fully saturated rings. The Kier molecular flexibility index (Phi) is 34.2. The molecular formula is C87H117B3Br3F9N12O9. The predicted octanol–water partition coefficient (Wildman–Crippen LogP) is 16.8. The number of carbonyl (C=O) groups excluding carboxylic acids is 3. The van der Waals surface area contributed by atoms with Crippen LogP contribution in [0, 0.1) is 34.0 Å². The molecule has 3 amide bonds. The van der Waals surface area contributed by atoms with Crippen molar-refractivity contribution in [3.63, 3.8) is 0 Å². The molecule has 0 bridgehead atoms. The summed E-state index contributed by atoms with van der Waals surface area (Å²) in [7, 11) is -1.40. The maximum atomic E-state index is 13.7. The van der Waals surface area contributed by atoms with Crippen molar-refractivity contribution in [3.8, 4) is 17.2 Å². The minimum absolute atomic E-state index is 0.0629. The first kappa shape index (κ1) is 98.7. The van der Waals surface area contributed by atoms with Gasteiger partial charge >= 0.3 is 40.2 Å². The lowest BCUT2D eigenvalue weighted by Crippen LogP contribution is -2.60. The van der Waals surface area contributed by atoms with E-state index >= 15 is 0 Å². The average molecular weight is 1920 g/mol. The van der Waals surface area contributed by atoms with E-state index in [0.29, 0.717) is 95.9 Å². The fraction of sp³-hybridized carbons (Fsp3) is 0.586. The number of alkyl halides is 9. The van der Waals surface area contributed by atoms with E-state index < -0.39 is 40.2 Å². The first-order valence-corrected chi connectivity index (χ1v) is 44.8. The van der Waals surface area contributed by atoms with Gasteiger partial charge in [0.05, 0.1) is 35.2 Å². The van der Waals surface area contributed by atoms with E-state index in [1.807, 2.05) is 65.5 Å². The fourth-order valence-corrected chi connectivity index (χ4v) is 18.5. The number of piperazine rings is 3. The second-order valence-electron chi connectivity index (χ2n) is 36.6. The van der Waals surface area contributed by atoms with Crippen LogP contribution in [0.2, 0.25) is 20.5 Å². The lowest BCUT2D eigenvalue weighted by Gasteiger charge is -2.49. The second kappa shape index (κ2) is 42.7. The molecule has 672 valence electrons. The number of piperidine rings is 3. The van der Waals surface area contributed by atoms with Crippen LogP contribution >= 0.6 is 47.8 Å². The molecular weight excluding hydrogens is 1800 g/mol. The molecule has 0 radical (unpaired) electrons. The van der Waals surface area contributed by atoms with Gasteiger partial charge in [-0.3, -0.25) is 44.0 Å². The highest BCUT2D eigenvalue weighted by atomic mass is 79.9. The molecule has 0 spiro atoms. The Labute approximate surface area is 744 Å². The van der Waals surface area contributed by atoms with Gasteiger partial charge in [0.15, 0.2) is 0 Å². The number of rotatable bonds is 21. The van der Waals surface area contributed by atoms with Gasteiger partial charge in [0.2, 0.25) is 17.7 Å². The lowest BCUT2D eigenvalue weighted by atomic mass is 9.80. The monoisotopic (exact) mass is 1910 g/mol. The molecule has 123 heavy (non-hydrogen) atoms. The van der Waals surface area contributed by atoms with E-state index in [9.17, 15) is 69.0 Å². The van der Waals surface area contributed by atoms with E-state index in [2.05, 4.69) is 154 Å². The van der Waals surface area contributed by atoms with Gasteiger partial charge in [0.1, 0.15) is 17.2 Å². The van der Waals surface area contributed by atoms with E-state index in [4.69, 9.17) is 0 Å². The maximum absolute atomic E-state index is 13.7. The Morgan fingerprint density at radius 2 is 0.585 bits per heavy atom. The average Bonchev–Trinajstić information content (AvgIpc) is 0.785. The van der Waals surface area contributed by atoms with Crippen LogP contribution < -0.4 is 14.2 Å². The summed E-state index contributed by atoms with van der Waals surface area (Å²) in [6.45, 7) is 34.6. The summed E-state index contributed by atoms with van der Waals surface area (Å²) in [5.74, 6) is 0.559. The van der Waals surface area contributed by atoms with E-state index in [1.165, 1.54) is 36.4 Å². The van der Waals surface area contributed by atoms with Crippen LogP contribution in [0.3, 0.4) is 0 Å². The van der Waals surface area contributed by atoms with E-state index in [-0.39, 0.29) is 87.5 Å². The molecule has 6 aliphatic heterocycles. The summed E-state index contributed by atoms with van der Waals surface area (Å²) in [6, 6.07) is 28.2. The third-order valence-corrected chi connectivity index (χ3v) is 26.0. The third kappa shape index (κ3) is 28.8. The van der Waals surface area contributed by atoms with Crippen LogP contribution in [0.15, 0.2) is 141 Å². The zero-order valence-corrected chi connectivity index (χ0v) is 77.0. The van der Waals surface area contributed by atoms with Crippen molar-refractivity contribution in [2.75, 3.05) is 98.2 Å². The molecule has 3 aromatic carbocycles. The summed E-state index contributed by atoms with van der Waals surface area (Å²) in [4.78, 5) is 74.0. The number of pyridine rings is 3. The summed E-state index contributed by atoms with van der Waals surface area (Å²) in [6.07, 6.45) is -2.29. The van der Waals surface area contributed by atoms with Gasteiger partial charge in [-0.25, -0.2) is 0 Å². The molecule has 3 unspecified atom stereocenters. The number of halogens is 12. The van der Waals surface area contributed by atoms with Crippen LogP contribution in [-0.2, 0) is 14.4 Å². The van der Waals surface area contributed by atoms with Crippen molar-refractivity contribution in [3.05, 3.63) is 175 Å². The quantitative estimate of drug-likeness (QED) is 0.0452. The number of hydrogen-bond acceptors (Lipinski definition) is 18. The molecule has 12 rings (SSSR count). The van der Waals surface area contributed by atoms with Crippen LogP contribution in [0.4, 0.5) is 39.5 Å². The highest BCUT2D eigenvalue weighted by Crippen LogP contribution is 2.43. The molecule has 6 saturated heterocycles. The topological polar surface area (TPSA) is 207 Å². The van der Waals surface area contributed by atoms with Crippen molar-refractivity contribution >= 4 is 86.7 Å². The third-order valence-electron chi connectivity index (χ3n) is 24.6. The highest BCUT2D eigenvalue weighted by Gasteiger charge is 2.47. The Morgan fingerprint density at radius 1 is 0.366 bits per heavy atom. The van der Waals surface area contributed by atoms with Crippen molar-refractivity contribution in [1.82, 2.24) is 58.8 Å². The number of amides is 3. The SMILES string of the molecule is CB(O)N1CCC(CC(=O)N2CCN(C(c3ccc(OC(F)(F)F)cc3)c3ccc(Br)cn3)C[C@@H]2C(C)(C)C)CC1.CB(O)N1CCC(CC(=O)N2CCN(C(c3ccc(OC(F)(F)F)cc3)c3ccc(Br)cn3)C[C@@H]2C(C)(C)C)CC1.CB(O)N1CCC(CC(=O)N2CCN(C(c3ccc(OC(F)(F)F)cc3)c3ccc(Br)cn3)C[C@@H]2C(C)(C)C)CC1. The zero-order chi connectivity index (χ0) is 89.8. The van der Waals surface area contributed by atoms with Crippen molar-refractivity contribution < 1.29 is 83.2 Å². The Morgan fingerprint density at radius 3 is 0.764 bits per heavy atom. The summed E-state index contributed by atoms with van der Waals surface area (Å²) >= 11 is 10.3. The van der Waals surface area contributed by atoms with Gasteiger partial charge in [-0.05, 0) is 270 Å². The number of benzene rings is 3. The van der Waals surface area contributed by atoms with Gasteiger partial charge in [0.25, 0.3) is 0 Å². The summed E-state index contributed by atoms with van der Waals surface area (Å²) < 4.78 is 130. The summed E-state index contributed by atoms with van der Waals surface area (Å²) in [5, 5.41) is 29.6. The molecule has 36 heteroatoms. The maximum Gasteiger partial charge on any atom is 0.573 e. The zero-order valence-electron chi connectivity index (χ0n) is 72.2. The predicted molar refractivity (Wildman–Crippen MR) is 469 cm³/mol. The van der Waals surface area contributed by atoms with Crippen LogP contribution in [0.25, 0.3) is 0 Å². The highest BCUT2D eigenvalue weighted by molar-refractivity contribution is 9.11. The van der Waals surface area contributed by atoms with Crippen LogP contribution in [-0.4, -0.2) is 248 Å². The van der Waals surface area contributed by atoms with Crippen molar-refractivity contribution in [1.29, 1.82) is 0 Å². The fourth-order valence-electron chi connectivity index (χ4n) is 17.8. The Bertz CT molecular complexity index is 3900. The minimum Gasteiger partial charge on any atom is -0.437 e. The molecule has 9 heterocycles. The number of ether oxygens (including phenoxy) is 3. The number of aromatic nitrogens is 3. The minimum atomic E-state index is -4.76. The van der Waals surface area contributed by atoms with Crippen LogP contribution in [0.1, 0.15) is 172 Å². The number of nitrogens with zero attached hydrogens (tertiary/aromatic N) is 12. The van der Waals surface area contributed by atoms with Gasteiger partial charge < -0.3 is 58.4 Å². The molecule has 3 aromatic heterocycles. The van der Waals surface area contributed by atoms with E-state index in [0.717, 1.165) is 125 Å². The molecule has 21 nitrogen and oxygen atoms in total. The van der Waals surface area contributed by atoms with Gasteiger partial charge in [-0.1, -0.05) is 98.7 Å². The first-order chi connectivity index (χ1) is 57.6. The standard InChI is InChI=1S/3C29H39BBrF3N4O3/c3*1-28(2,3)25-19-36(15-16-38(25)26(39)17-20-11-13-37(14-12-20)30(4)40)27(24-10-7-22(31)18-35-24)21-5-8-23(9-6-21)41-29(32,33)34/h3*5-10,18,20,25,27,40H,11-17,19H2,1-4H3/t3*25-,27?/m111/s1. The van der Waals surface area contributed by atoms with Crippen LogP contribution in [0.5, 0.6) is 17.2 Å². The Balaban J connectivity index is 0.000000193. The second-order valence-corrected chi connectivity index (χ2v) is 39.3. The molecule has 6 aliphatic rings. The molecule has 3 N–H and O–H groups in total. The van der Waals surface area contributed by atoms with Gasteiger partial charge in [-0.15, -0.1) is 39.5 Å². The lowest BCUT2D eigenvalue weighted by molar-refractivity contribution is -0.275. The first-order valence-electron chi connectivity index (χ1n) is 42.4. The molecule has 0 saturated carbocycles.